The van der Waals surface area contributed by atoms with E-state index in [1.807, 2.05) is 41.2 Å². The number of nitrogens with zero attached hydrogens (tertiary/aromatic N) is 2. The predicted molar refractivity (Wildman–Crippen MR) is 97.2 cm³/mol. The van der Waals surface area contributed by atoms with Gasteiger partial charge in [-0.3, -0.25) is 4.79 Å². The monoisotopic (exact) mass is 348 g/mol. The lowest BCUT2D eigenvalue weighted by Crippen LogP contribution is -2.36. The Kier molecular flexibility index (Phi) is 6.82. The lowest BCUT2D eigenvalue weighted by molar-refractivity contribution is -0.122. The van der Waals surface area contributed by atoms with Gasteiger partial charge in [-0.05, 0) is 30.9 Å². The van der Waals surface area contributed by atoms with E-state index in [9.17, 15) is 4.79 Å². The van der Waals surface area contributed by atoms with Crippen LogP contribution < -0.4 is 11.1 Å². The molecule has 6 heteroatoms. The molecule has 0 aliphatic heterocycles. The molecule has 3 rings (SSSR count). The molecule has 24 heavy (non-hydrogen) atoms. The van der Waals surface area contributed by atoms with Crippen molar-refractivity contribution in [2.45, 2.75) is 44.7 Å². The summed E-state index contributed by atoms with van der Waals surface area (Å²) in [6, 6.07) is 10.1. The minimum absolute atomic E-state index is 0. The molecule has 130 valence electrons. The van der Waals surface area contributed by atoms with Crippen LogP contribution in [0.3, 0.4) is 0 Å². The Morgan fingerprint density at radius 3 is 2.75 bits per heavy atom. The first-order chi connectivity index (χ1) is 11.2. The summed E-state index contributed by atoms with van der Waals surface area (Å²) in [6.07, 6.45) is 8.77. The summed E-state index contributed by atoms with van der Waals surface area (Å²) in [4.78, 5) is 12.1. The van der Waals surface area contributed by atoms with Gasteiger partial charge in [0.25, 0.3) is 0 Å². The predicted octanol–water partition coefficient (Wildman–Crippen LogP) is 2.82. The van der Waals surface area contributed by atoms with Crippen LogP contribution in [0.1, 0.15) is 37.7 Å². The largest absolute Gasteiger partial charge is 0.352 e. The number of rotatable bonds is 5. The third-order valence-electron chi connectivity index (χ3n) is 4.56. The van der Waals surface area contributed by atoms with Crippen molar-refractivity contribution >= 4 is 18.3 Å². The van der Waals surface area contributed by atoms with Gasteiger partial charge < -0.3 is 11.1 Å². The van der Waals surface area contributed by atoms with E-state index in [1.54, 1.807) is 6.20 Å². The quantitative estimate of drug-likeness (QED) is 0.872. The van der Waals surface area contributed by atoms with Gasteiger partial charge in [-0.15, -0.1) is 12.4 Å². The zero-order valence-corrected chi connectivity index (χ0v) is 14.5. The van der Waals surface area contributed by atoms with Gasteiger partial charge in [-0.2, -0.15) is 5.10 Å². The fraction of sp³-hybridized carbons (Fsp3) is 0.444. The highest BCUT2D eigenvalue weighted by atomic mass is 35.5. The molecule has 0 bridgehead atoms. The minimum Gasteiger partial charge on any atom is -0.352 e. The summed E-state index contributed by atoms with van der Waals surface area (Å²) in [5.41, 5.74) is 8.12. The summed E-state index contributed by atoms with van der Waals surface area (Å²) in [7, 11) is 0. The highest BCUT2D eigenvalue weighted by molar-refractivity contribution is 5.85. The number of nitrogens with one attached hydrogen (secondary N) is 1. The number of halogens is 1. The molecular formula is C18H25ClN4O. The summed E-state index contributed by atoms with van der Waals surface area (Å²) in [5.74, 6) is 0.413. The summed E-state index contributed by atoms with van der Waals surface area (Å²) in [6.45, 7) is 0.508. The second kappa shape index (κ2) is 8.85. The molecule has 2 aromatic rings. The Morgan fingerprint density at radius 1 is 1.25 bits per heavy atom. The first-order valence-corrected chi connectivity index (χ1v) is 8.33. The molecule has 1 aromatic heterocycles. The average Bonchev–Trinajstić information content (AvgIpc) is 3.05. The molecule has 1 amide bonds. The van der Waals surface area contributed by atoms with Crippen molar-refractivity contribution in [2.75, 3.05) is 0 Å². The molecule has 0 saturated heterocycles. The molecule has 1 heterocycles. The van der Waals surface area contributed by atoms with Crippen LogP contribution in [0.2, 0.25) is 0 Å². The van der Waals surface area contributed by atoms with Gasteiger partial charge in [0.15, 0.2) is 0 Å². The molecule has 0 spiro atoms. The van der Waals surface area contributed by atoms with Crippen molar-refractivity contribution < 1.29 is 4.79 Å². The summed E-state index contributed by atoms with van der Waals surface area (Å²) >= 11 is 0. The second-order valence-corrected chi connectivity index (χ2v) is 6.32. The maximum absolute atomic E-state index is 12.1. The highest BCUT2D eigenvalue weighted by Crippen LogP contribution is 2.25. The van der Waals surface area contributed by atoms with Crippen molar-refractivity contribution in [3.63, 3.8) is 0 Å². The Hall–Kier alpha value is -1.85. The van der Waals surface area contributed by atoms with Gasteiger partial charge in [-0.1, -0.05) is 31.0 Å². The summed E-state index contributed by atoms with van der Waals surface area (Å²) in [5, 5.41) is 7.32. The van der Waals surface area contributed by atoms with E-state index in [0.717, 1.165) is 24.1 Å². The zero-order chi connectivity index (χ0) is 16.1. The number of aromatic nitrogens is 2. The third-order valence-corrected chi connectivity index (χ3v) is 4.56. The maximum atomic E-state index is 12.1. The second-order valence-electron chi connectivity index (χ2n) is 6.32. The van der Waals surface area contributed by atoms with Crippen LogP contribution in [0.5, 0.6) is 0 Å². The van der Waals surface area contributed by atoms with Crippen molar-refractivity contribution in [1.29, 1.82) is 0 Å². The molecule has 1 aromatic carbocycles. The molecule has 1 fully saturated rings. The maximum Gasteiger partial charge on any atom is 0.220 e. The Labute approximate surface area is 149 Å². The molecule has 0 radical (unpaired) electrons. The standard InChI is InChI=1S/C18H24N4O.ClH/c19-17-9-5-4-6-15(17)10-18(23)20-11-14-12-21-22(13-14)16-7-2-1-3-8-16;/h1-3,7-8,12-13,15,17H,4-6,9-11,19H2,(H,20,23);1H. The number of nitrogens with two attached hydrogens (primary N) is 1. The van der Waals surface area contributed by atoms with Crippen LogP contribution in [0.25, 0.3) is 5.69 Å². The number of carbonyl (C=O) groups excluding carboxylic acids is 1. The molecule has 2 atom stereocenters. The van der Waals surface area contributed by atoms with E-state index < -0.39 is 0 Å². The van der Waals surface area contributed by atoms with E-state index in [0.29, 0.717) is 18.9 Å². The van der Waals surface area contributed by atoms with Crippen LogP contribution in [0, 0.1) is 5.92 Å². The molecule has 1 aliphatic rings. The topological polar surface area (TPSA) is 72.9 Å². The highest BCUT2D eigenvalue weighted by Gasteiger charge is 2.23. The van der Waals surface area contributed by atoms with Gasteiger partial charge in [0.1, 0.15) is 0 Å². The fourth-order valence-corrected chi connectivity index (χ4v) is 3.17. The number of carbonyl (C=O) groups is 1. The minimum atomic E-state index is 0. The van der Waals surface area contributed by atoms with E-state index in [2.05, 4.69) is 10.4 Å². The van der Waals surface area contributed by atoms with Crippen LogP contribution in [0.15, 0.2) is 42.7 Å². The van der Waals surface area contributed by atoms with Crippen molar-refractivity contribution in [3.05, 3.63) is 48.3 Å². The van der Waals surface area contributed by atoms with Crippen LogP contribution in [0.4, 0.5) is 0 Å². The molecular weight excluding hydrogens is 324 g/mol. The average molecular weight is 349 g/mol. The Morgan fingerprint density at radius 2 is 2.00 bits per heavy atom. The van der Waals surface area contributed by atoms with E-state index in [4.69, 9.17) is 5.73 Å². The number of benzene rings is 1. The van der Waals surface area contributed by atoms with Gasteiger partial charge >= 0.3 is 0 Å². The Balaban J connectivity index is 0.00000208. The molecule has 3 N–H and O–H groups in total. The van der Waals surface area contributed by atoms with Crippen molar-refractivity contribution in [1.82, 2.24) is 15.1 Å². The first-order valence-electron chi connectivity index (χ1n) is 8.33. The molecule has 2 unspecified atom stereocenters. The van der Waals surface area contributed by atoms with Gasteiger partial charge in [0.2, 0.25) is 5.91 Å². The lowest BCUT2D eigenvalue weighted by Gasteiger charge is -2.27. The van der Waals surface area contributed by atoms with Crippen LogP contribution in [-0.4, -0.2) is 21.7 Å². The van der Waals surface area contributed by atoms with Crippen LogP contribution >= 0.6 is 12.4 Å². The zero-order valence-electron chi connectivity index (χ0n) is 13.7. The number of hydrogen-bond donors (Lipinski definition) is 2. The van der Waals surface area contributed by atoms with E-state index in [1.165, 1.54) is 12.8 Å². The smallest absolute Gasteiger partial charge is 0.220 e. The van der Waals surface area contributed by atoms with Crippen molar-refractivity contribution in [3.8, 4) is 5.69 Å². The molecule has 1 saturated carbocycles. The number of para-hydroxylation sites is 1. The van der Waals surface area contributed by atoms with Crippen LogP contribution in [-0.2, 0) is 11.3 Å². The van der Waals surface area contributed by atoms with Gasteiger partial charge in [-0.25, -0.2) is 4.68 Å². The molecule has 5 nitrogen and oxygen atoms in total. The summed E-state index contributed by atoms with van der Waals surface area (Å²) < 4.78 is 1.82. The fourth-order valence-electron chi connectivity index (χ4n) is 3.17. The van der Waals surface area contributed by atoms with E-state index in [-0.39, 0.29) is 24.4 Å². The number of hydrogen-bond acceptors (Lipinski definition) is 3. The van der Waals surface area contributed by atoms with Gasteiger partial charge in [0, 0.05) is 30.8 Å². The SMILES string of the molecule is Cl.NC1CCCCC1CC(=O)NCc1cnn(-c2ccccc2)c1. The number of amides is 1. The third kappa shape index (κ3) is 4.82. The van der Waals surface area contributed by atoms with Crippen molar-refractivity contribution in [2.24, 2.45) is 11.7 Å². The Bertz CT molecular complexity index is 643. The lowest BCUT2D eigenvalue weighted by atomic mass is 9.83. The normalized spacial score (nSPS) is 20.2. The first kappa shape index (κ1) is 18.5. The van der Waals surface area contributed by atoms with E-state index >= 15 is 0 Å². The van der Waals surface area contributed by atoms with Gasteiger partial charge in [0.05, 0.1) is 11.9 Å². The molecule has 1 aliphatic carbocycles.